The smallest absolute Gasteiger partial charge is 0.265 e. The summed E-state index contributed by atoms with van der Waals surface area (Å²) in [6.07, 6.45) is 0.779. The Hall–Kier alpha value is -2.45. The van der Waals surface area contributed by atoms with Gasteiger partial charge in [0.15, 0.2) is 5.13 Å². The Labute approximate surface area is 200 Å². The molecule has 2 aromatic heterocycles. The second kappa shape index (κ2) is 9.58. The van der Waals surface area contributed by atoms with Gasteiger partial charge < -0.3 is 9.42 Å². The van der Waals surface area contributed by atoms with Crippen LogP contribution in [-0.2, 0) is 0 Å². The Morgan fingerprint density at radius 3 is 2.66 bits per heavy atom. The monoisotopic (exact) mass is 488 g/mol. The zero-order valence-electron chi connectivity index (χ0n) is 17.9. The number of hydrogen-bond donors (Lipinski definition) is 0. The molecule has 0 bridgehead atoms. The number of benzene rings is 2. The van der Waals surface area contributed by atoms with E-state index in [1.165, 1.54) is 11.3 Å². The molecule has 0 fully saturated rings. The summed E-state index contributed by atoms with van der Waals surface area (Å²) in [6, 6.07) is 12.8. The van der Waals surface area contributed by atoms with E-state index < -0.39 is 0 Å². The van der Waals surface area contributed by atoms with E-state index in [1.54, 1.807) is 24.0 Å². The molecule has 2 aromatic carbocycles. The van der Waals surface area contributed by atoms with Crippen molar-refractivity contribution in [1.82, 2.24) is 15.0 Å². The molecular formula is C23H22Cl2N4O2S. The Bertz CT molecular complexity index is 1270. The number of anilines is 1. The molecule has 6 nitrogen and oxygen atoms in total. The summed E-state index contributed by atoms with van der Waals surface area (Å²) in [5.74, 6) is 0.217. The summed E-state index contributed by atoms with van der Waals surface area (Å²) < 4.78 is 6.35. The minimum atomic E-state index is -0.220. The summed E-state index contributed by atoms with van der Waals surface area (Å²) in [5, 5.41) is 5.90. The van der Waals surface area contributed by atoms with Crippen LogP contribution in [0.3, 0.4) is 0 Å². The molecule has 0 saturated heterocycles. The highest BCUT2D eigenvalue weighted by Gasteiger charge is 2.29. The minimum absolute atomic E-state index is 0.220. The molecule has 0 unspecified atom stereocenters. The van der Waals surface area contributed by atoms with Gasteiger partial charge in [-0.3, -0.25) is 9.69 Å². The van der Waals surface area contributed by atoms with Crippen LogP contribution < -0.4 is 4.90 Å². The number of fused-ring (bicyclic) bond motifs is 1. The number of carbonyl (C=O) groups is 1. The SMILES string of the molecule is Cc1onc(-c2ccccc2Cl)c1C(=O)N(CCCN(C)C)c1nc2ccc(Cl)cc2s1. The van der Waals surface area contributed by atoms with Crippen LogP contribution in [0.5, 0.6) is 0 Å². The van der Waals surface area contributed by atoms with Crippen molar-refractivity contribution in [2.45, 2.75) is 13.3 Å². The first-order valence-corrected chi connectivity index (χ1v) is 11.7. The minimum Gasteiger partial charge on any atom is -0.360 e. The first-order valence-electron chi connectivity index (χ1n) is 10.1. The molecule has 0 aliphatic rings. The number of amides is 1. The average molecular weight is 489 g/mol. The highest BCUT2D eigenvalue weighted by atomic mass is 35.5. The largest absolute Gasteiger partial charge is 0.360 e. The molecule has 2 heterocycles. The summed E-state index contributed by atoms with van der Waals surface area (Å²) in [5.41, 5.74) is 2.27. The molecule has 0 N–H and O–H groups in total. The lowest BCUT2D eigenvalue weighted by atomic mass is 10.1. The van der Waals surface area contributed by atoms with Gasteiger partial charge in [-0.05, 0) is 58.3 Å². The first kappa shape index (κ1) is 22.7. The predicted molar refractivity (Wildman–Crippen MR) is 131 cm³/mol. The molecular weight excluding hydrogens is 467 g/mol. The van der Waals surface area contributed by atoms with E-state index >= 15 is 0 Å². The van der Waals surface area contributed by atoms with Crippen LogP contribution in [0.25, 0.3) is 21.5 Å². The molecule has 0 saturated carbocycles. The van der Waals surface area contributed by atoms with Gasteiger partial charge in [-0.25, -0.2) is 4.98 Å². The molecule has 0 spiro atoms. The lowest BCUT2D eigenvalue weighted by molar-refractivity contribution is 0.0985. The van der Waals surface area contributed by atoms with E-state index in [0.29, 0.717) is 44.3 Å². The van der Waals surface area contributed by atoms with E-state index in [-0.39, 0.29) is 5.91 Å². The number of aryl methyl sites for hydroxylation is 1. The third kappa shape index (κ3) is 4.66. The van der Waals surface area contributed by atoms with Gasteiger partial charge in [-0.15, -0.1) is 0 Å². The van der Waals surface area contributed by atoms with Gasteiger partial charge in [0.2, 0.25) is 0 Å². The zero-order valence-corrected chi connectivity index (χ0v) is 20.3. The summed E-state index contributed by atoms with van der Waals surface area (Å²) in [6.45, 7) is 3.06. The number of carbonyl (C=O) groups excluding carboxylic acids is 1. The Morgan fingerprint density at radius 2 is 1.91 bits per heavy atom. The molecule has 0 aliphatic carbocycles. The van der Waals surface area contributed by atoms with Crippen LogP contribution in [-0.4, -0.2) is 48.1 Å². The number of aromatic nitrogens is 2. The van der Waals surface area contributed by atoms with E-state index in [1.807, 2.05) is 44.4 Å². The van der Waals surface area contributed by atoms with Crippen molar-refractivity contribution in [2.24, 2.45) is 0 Å². The first-order chi connectivity index (χ1) is 15.3. The van der Waals surface area contributed by atoms with Crippen molar-refractivity contribution in [1.29, 1.82) is 0 Å². The highest BCUT2D eigenvalue weighted by molar-refractivity contribution is 7.22. The quantitative estimate of drug-likeness (QED) is 0.311. The van der Waals surface area contributed by atoms with E-state index in [0.717, 1.165) is 23.2 Å². The molecule has 9 heteroatoms. The van der Waals surface area contributed by atoms with Crippen LogP contribution in [0.2, 0.25) is 10.0 Å². The normalized spacial score (nSPS) is 11.4. The molecule has 4 rings (SSSR count). The fourth-order valence-corrected chi connectivity index (χ4v) is 4.92. The fraction of sp³-hybridized carbons (Fsp3) is 0.261. The molecule has 4 aromatic rings. The van der Waals surface area contributed by atoms with Gasteiger partial charge in [0.1, 0.15) is 17.0 Å². The molecule has 32 heavy (non-hydrogen) atoms. The van der Waals surface area contributed by atoms with Crippen LogP contribution in [0.1, 0.15) is 22.5 Å². The third-order valence-corrected chi connectivity index (χ3v) is 6.61. The highest BCUT2D eigenvalue weighted by Crippen LogP contribution is 2.35. The van der Waals surface area contributed by atoms with Crippen molar-refractivity contribution >= 4 is 55.8 Å². The maximum atomic E-state index is 13.9. The average Bonchev–Trinajstić information content (AvgIpc) is 3.33. The van der Waals surface area contributed by atoms with Gasteiger partial charge in [-0.2, -0.15) is 0 Å². The Morgan fingerprint density at radius 1 is 1.12 bits per heavy atom. The second-order valence-corrected chi connectivity index (χ2v) is 9.52. The van der Waals surface area contributed by atoms with Gasteiger partial charge in [0.05, 0.1) is 15.2 Å². The van der Waals surface area contributed by atoms with Gasteiger partial charge in [0, 0.05) is 17.1 Å². The maximum Gasteiger partial charge on any atom is 0.265 e. The summed E-state index contributed by atoms with van der Waals surface area (Å²) in [4.78, 5) is 22.3. The fourth-order valence-electron chi connectivity index (χ4n) is 3.43. The molecule has 0 aliphatic heterocycles. The van der Waals surface area contributed by atoms with Crippen LogP contribution in [0, 0.1) is 6.92 Å². The van der Waals surface area contributed by atoms with Crippen molar-refractivity contribution in [3.8, 4) is 11.3 Å². The van der Waals surface area contributed by atoms with Crippen LogP contribution >= 0.6 is 34.5 Å². The van der Waals surface area contributed by atoms with Crippen molar-refractivity contribution in [2.75, 3.05) is 32.1 Å². The molecule has 0 atom stereocenters. The zero-order chi connectivity index (χ0) is 22.8. The summed E-state index contributed by atoms with van der Waals surface area (Å²) >= 11 is 14.0. The number of thiazole rings is 1. The van der Waals surface area contributed by atoms with E-state index in [9.17, 15) is 4.79 Å². The van der Waals surface area contributed by atoms with Crippen LogP contribution in [0.15, 0.2) is 47.0 Å². The topological polar surface area (TPSA) is 62.5 Å². The Balaban J connectivity index is 1.77. The molecule has 1 amide bonds. The molecule has 0 radical (unpaired) electrons. The second-order valence-electron chi connectivity index (χ2n) is 7.66. The number of nitrogens with zero attached hydrogens (tertiary/aromatic N) is 4. The predicted octanol–water partition coefficient (Wildman–Crippen LogP) is 6.17. The van der Waals surface area contributed by atoms with E-state index in [2.05, 4.69) is 10.1 Å². The van der Waals surface area contributed by atoms with Crippen molar-refractivity contribution in [3.05, 3.63) is 63.8 Å². The number of hydrogen-bond acceptors (Lipinski definition) is 6. The van der Waals surface area contributed by atoms with Crippen molar-refractivity contribution < 1.29 is 9.32 Å². The van der Waals surface area contributed by atoms with Gasteiger partial charge >= 0.3 is 0 Å². The molecule has 166 valence electrons. The number of halogens is 2. The van der Waals surface area contributed by atoms with Crippen molar-refractivity contribution in [3.63, 3.8) is 0 Å². The lowest BCUT2D eigenvalue weighted by Crippen LogP contribution is -2.34. The van der Waals surface area contributed by atoms with Gasteiger partial charge in [0.25, 0.3) is 5.91 Å². The maximum absolute atomic E-state index is 13.9. The Kier molecular flexibility index (Phi) is 6.81. The van der Waals surface area contributed by atoms with E-state index in [4.69, 9.17) is 32.7 Å². The number of rotatable bonds is 7. The van der Waals surface area contributed by atoms with Crippen LogP contribution in [0.4, 0.5) is 5.13 Å². The lowest BCUT2D eigenvalue weighted by Gasteiger charge is -2.21. The standard InChI is InChI=1S/C23H22Cl2N4O2S/c1-14-20(21(27-31-14)16-7-4-5-8-17(16)25)22(30)29(12-6-11-28(2)3)23-26-18-10-9-15(24)13-19(18)32-23/h4-5,7-10,13H,6,11-12H2,1-3H3. The summed E-state index contributed by atoms with van der Waals surface area (Å²) in [7, 11) is 4.01. The third-order valence-electron chi connectivity index (χ3n) is 5.01. The van der Waals surface area contributed by atoms with Gasteiger partial charge in [-0.1, -0.05) is 57.9 Å².